The summed E-state index contributed by atoms with van der Waals surface area (Å²) in [4.78, 5) is 11.5. The Balaban J connectivity index is 2.74. The van der Waals surface area contributed by atoms with Crippen molar-refractivity contribution in [2.24, 2.45) is 0 Å². The monoisotopic (exact) mass is 249 g/mol. The van der Waals surface area contributed by atoms with Gasteiger partial charge in [0.05, 0.1) is 0 Å². The number of Topliss-reactive ketones (excluding diaryl/α,β-unsaturated/α-hetero) is 1. The summed E-state index contributed by atoms with van der Waals surface area (Å²) in [5.74, 6) is -0.0555. The normalized spacial score (nSPS) is 11.9. The maximum atomic E-state index is 13.6. The number of carbonyl (C=O) groups is 1. The minimum atomic E-state index is -0.227. The highest BCUT2D eigenvalue weighted by Crippen LogP contribution is 2.12. The van der Waals surface area contributed by atoms with Crippen molar-refractivity contribution in [2.45, 2.75) is 39.2 Å². The third-order valence-electron chi connectivity index (χ3n) is 2.74. The van der Waals surface area contributed by atoms with Crippen LogP contribution in [0.2, 0.25) is 0 Å². The minimum Gasteiger partial charge on any atom is -0.386 e. The summed E-state index contributed by atoms with van der Waals surface area (Å²) in [7, 11) is 0. The Morgan fingerprint density at radius 2 is 2.11 bits per heavy atom. The van der Waals surface area contributed by atoms with Gasteiger partial charge in [-0.1, -0.05) is 31.7 Å². The maximum absolute atomic E-state index is 13.6. The molecule has 0 bridgehead atoms. The van der Waals surface area contributed by atoms with Crippen molar-refractivity contribution in [3.63, 3.8) is 0 Å². The number of ketones is 1. The lowest BCUT2D eigenvalue weighted by Crippen LogP contribution is -2.32. The number of hydrogen-bond acceptors (Lipinski definition) is 2. The summed E-state index contributed by atoms with van der Waals surface area (Å²) in [6.45, 7) is 7.45. The number of hydrogen-bond donors (Lipinski definition) is 1. The zero-order valence-corrected chi connectivity index (χ0v) is 11.0. The average molecular weight is 249 g/mol. The van der Waals surface area contributed by atoms with E-state index in [0.29, 0.717) is 24.8 Å². The summed E-state index contributed by atoms with van der Waals surface area (Å²) in [6, 6.07) is 6.56. The molecule has 0 unspecified atom stereocenters. The molecule has 0 aliphatic heterocycles. The van der Waals surface area contributed by atoms with Crippen LogP contribution in [0.25, 0.3) is 0 Å². The van der Waals surface area contributed by atoms with Gasteiger partial charge in [-0.15, -0.1) is 0 Å². The lowest BCUT2D eigenvalue weighted by molar-refractivity contribution is -0.119. The summed E-state index contributed by atoms with van der Waals surface area (Å²) in [6.07, 6.45) is 1.40. The van der Waals surface area contributed by atoms with Gasteiger partial charge in [-0.25, -0.2) is 4.39 Å². The molecule has 1 aromatic rings. The van der Waals surface area contributed by atoms with Crippen molar-refractivity contribution in [3.8, 4) is 0 Å². The quantitative estimate of drug-likeness (QED) is 0.803. The molecule has 0 saturated carbocycles. The Morgan fingerprint density at radius 3 is 2.67 bits per heavy atom. The molecule has 1 atom stereocenters. The van der Waals surface area contributed by atoms with Crippen LogP contribution in [0.3, 0.4) is 0 Å². The van der Waals surface area contributed by atoms with Crippen molar-refractivity contribution in [2.75, 3.05) is 0 Å². The van der Waals surface area contributed by atoms with E-state index in [1.54, 1.807) is 18.2 Å². The van der Waals surface area contributed by atoms with Crippen LogP contribution in [0, 0.1) is 5.82 Å². The van der Waals surface area contributed by atoms with E-state index >= 15 is 0 Å². The predicted octanol–water partition coefficient (Wildman–Crippen LogP) is 3.23. The summed E-state index contributed by atoms with van der Waals surface area (Å²) in [5.41, 5.74) is 1.42. The first-order chi connectivity index (χ1) is 8.52. The van der Waals surface area contributed by atoms with Gasteiger partial charge >= 0.3 is 0 Å². The molecule has 0 aliphatic carbocycles. The van der Waals surface area contributed by atoms with Crippen LogP contribution in [0.5, 0.6) is 0 Å². The van der Waals surface area contributed by atoms with Crippen LogP contribution in [0.1, 0.15) is 32.3 Å². The van der Waals surface area contributed by atoms with Gasteiger partial charge in [-0.3, -0.25) is 4.79 Å². The van der Waals surface area contributed by atoms with Gasteiger partial charge in [0.1, 0.15) is 11.6 Å². The first-order valence-corrected chi connectivity index (χ1v) is 6.20. The van der Waals surface area contributed by atoms with E-state index in [-0.39, 0.29) is 17.6 Å². The molecule has 0 spiro atoms. The van der Waals surface area contributed by atoms with E-state index in [4.69, 9.17) is 0 Å². The van der Waals surface area contributed by atoms with Gasteiger partial charge in [-0.05, 0) is 25.0 Å². The Morgan fingerprint density at radius 1 is 1.44 bits per heavy atom. The molecule has 0 amide bonds. The van der Waals surface area contributed by atoms with Gasteiger partial charge in [0.15, 0.2) is 0 Å². The molecule has 98 valence electrons. The van der Waals surface area contributed by atoms with Crippen LogP contribution in [-0.4, -0.2) is 11.8 Å². The van der Waals surface area contributed by atoms with Gasteiger partial charge in [0, 0.05) is 24.6 Å². The van der Waals surface area contributed by atoms with Crippen LogP contribution >= 0.6 is 0 Å². The van der Waals surface area contributed by atoms with Crippen LogP contribution in [-0.2, 0) is 11.2 Å². The number of benzene rings is 1. The Kier molecular flexibility index (Phi) is 5.56. The zero-order chi connectivity index (χ0) is 13.5. The smallest absolute Gasteiger partial charge is 0.134 e. The van der Waals surface area contributed by atoms with E-state index < -0.39 is 0 Å². The fourth-order valence-corrected chi connectivity index (χ4v) is 1.87. The summed E-state index contributed by atoms with van der Waals surface area (Å²) in [5, 5.41) is 3.14. The van der Waals surface area contributed by atoms with E-state index in [0.717, 1.165) is 5.70 Å². The molecule has 0 aliphatic rings. The Labute approximate surface area is 108 Å². The lowest BCUT2D eigenvalue weighted by atomic mass is 10.00. The molecule has 1 N–H and O–H groups in total. The number of nitrogens with one attached hydrogen (secondary N) is 1. The molecular weight excluding hydrogens is 229 g/mol. The molecule has 18 heavy (non-hydrogen) atoms. The molecule has 0 saturated heterocycles. The second-order valence-corrected chi connectivity index (χ2v) is 4.51. The lowest BCUT2D eigenvalue weighted by Gasteiger charge is -2.19. The highest BCUT2D eigenvalue weighted by atomic mass is 19.1. The van der Waals surface area contributed by atoms with Crippen molar-refractivity contribution in [1.29, 1.82) is 0 Å². The average Bonchev–Trinajstić information content (AvgIpc) is 2.31. The zero-order valence-electron chi connectivity index (χ0n) is 11.0. The third kappa shape index (κ3) is 4.70. The fraction of sp³-hybridized carbons (Fsp3) is 0.400. The number of halogens is 1. The van der Waals surface area contributed by atoms with Crippen LogP contribution in [0.15, 0.2) is 36.5 Å². The number of allylic oxidation sites excluding steroid dienone is 1. The molecule has 0 heterocycles. The molecule has 0 aromatic heterocycles. The standard InChI is InChI=1S/C15H20FNO/c1-4-14(18)10-13(17-11(2)3)9-12-7-5-6-8-15(12)16/h5-8,13,17H,2,4,9-10H2,1,3H3/t13-/m1/s1. The van der Waals surface area contributed by atoms with Gasteiger partial charge in [-0.2, -0.15) is 0 Å². The van der Waals surface area contributed by atoms with Gasteiger partial charge < -0.3 is 5.32 Å². The Hall–Kier alpha value is -1.64. The predicted molar refractivity (Wildman–Crippen MR) is 71.8 cm³/mol. The number of rotatable bonds is 7. The topological polar surface area (TPSA) is 29.1 Å². The molecule has 2 nitrogen and oxygen atoms in total. The second-order valence-electron chi connectivity index (χ2n) is 4.51. The van der Waals surface area contributed by atoms with Crippen molar-refractivity contribution in [3.05, 3.63) is 47.9 Å². The maximum Gasteiger partial charge on any atom is 0.134 e. The minimum absolute atomic E-state index is 0.0909. The molecule has 3 heteroatoms. The van der Waals surface area contributed by atoms with Gasteiger partial charge in [0.25, 0.3) is 0 Å². The fourth-order valence-electron chi connectivity index (χ4n) is 1.87. The molecular formula is C15H20FNO. The highest BCUT2D eigenvalue weighted by molar-refractivity contribution is 5.78. The summed E-state index contributed by atoms with van der Waals surface area (Å²) < 4.78 is 13.6. The highest BCUT2D eigenvalue weighted by Gasteiger charge is 2.14. The second kappa shape index (κ2) is 6.94. The van der Waals surface area contributed by atoms with Crippen molar-refractivity contribution < 1.29 is 9.18 Å². The molecule has 1 aromatic carbocycles. The van der Waals surface area contributed by atoms with E-state index in [1.807, 2.05) is 13.8 Å². The van der Waals surface area contributed by atoms with E-state index in [1.165, 1.54) is 6.07 Å². The molecule has 1 rings (SSSR count). The van der Waals surface area contributed by atoms with Crippen LogP contribution < -0.4 is 5.32 Å². The van der Waals surface area contributed by atoms with E-state index in [2.05, 4.69) is 11.9 Å². The van der Waals surface area contributed by atoms with Crippen molar-refractivity contribution >= 4 is 5.78 Å². The molecule has 0 radical (unpaired) electrons. The molecule has 0 fully saturated rings. The first kappa shape index (κ1) is 14.4. The third-order valence-corrected chi connectivity index (χ3v) is 2.74. The van der Waals surface area contributed by atoms with E-state index in [9.17, 15) is 9.18 Å². The SMILES string of the molecule is C=C(C)N[C@@H](CC(=O)CC)Cc1ccccc1F. The van der Waals surface area contributed by atoms with Crippen molar-refractivity contribution in [1.82, 2.24) is 5.32 Å². The largest absolute Gasteiger partial charge is 0.386 e. The first-order valence-electron chi connectivity index (χ1n) is 6.20. The van der Waals surface area contributed by atoms with Crippen LogP contribution in [0.4, 0.5) is 4.39 Å². The Bertz CT molecular complexity index is 428. The summed E-state index contributed by atoms with van der Waals surface area (Å²) >= 11 is 0. The number of carbonyl (C=O) groups excluding carboxylic acids is 1. The van der Waals surface area contributed by atoms with Gasteiger partial charge in [0.2, 0.25) is 0 Å².